The second-order valence-electron chi connectivity index (χ2n) is 4.36. The van der Waals surface area contributed by atoms with E-state index < -0.39 is 5.97 Å². The van der Waals surface area contributed by atoms with Crippen LogP contribution in [0, 0.1) is 0 Å². The maximum absolute atomic E-state index is 11.0. The Morgan fingerprint density at radius 2 is 1.75 bits per heavy atom. The van der Waals surface area contributed by atoms with Crippen LogP contribution in [-0.2, 0) is 11.3 Å². The van der Waals surface area contributed by atoms with Crippen LogP contribution >= 0.6 is 23.2 Å². The summed E-state index contributed by atoms with van der Waals surface area (Å²) in [6, 6.07) is 14.5. The quantitative estimate of drug-likeness (QED) is 0.904. The van der Waals surface area contributed by atoms with Crippen molar-refractivity contribution in [2.45, 2.75) is 6.54 Å². The molecule has 0 aliphatic rings. The number of rotatable bonds is 5. The minimum absolute atomic E-state index is 0.0891. The third-order valence-electron chi connectivity index (χ3n) is 2.78. The van der Waals surface area contributed by atoms with Crippen LogP contribution in [0.25, 0.3) is 0 Å². The summed E-state index contributed by atoms with van der Waals surface area (Å²) >= 11 is 11.8. The predicted molar refractivity (Wildman–Crippen MR) is 81.6 cm³/mol. The highest BCUT2D eigenvalue weighted by atomic mass is 35.5. The Morgan fingerprint density at radius 3 is 2.35 bits per heavy atom. The molecular weight excluding hydrogens is 297 g/mol. The lowest BCUT2D eigenvalue weighted by atomic mass is 10.2. The second-order valence-corrected chi connectivity index (χ2v) is 5.23. The summed E-state index contributed by atoms with van der Waals surface area (Å²) in [5.41, 5.74) is 1.76. The van der Waals surface area contributed by atoms with Crippen molar-refractivity contribution < 1.29 is 9.90 Å². The number of benzene rings is 2. The number of carboxylic acids is 1. The van der Waals surface area contributed by atoms with Gasteiger partial charge in [-0.2, -0.15) is 0 Å². The van der Waals surface area contributed by atoms with Crippen molar-refractivity contribution in [1.82, 2.24) is 0 Å². The average molecular weight is 310 g/mol. The van der Waals surface area contributed by atoms with Gasteiger partial charge in [-0.3, -0.25) is 4.79 Å². The van der Waals surface area contributed by atoms with Gasteiger partial charge in [0.05, 0.1) is 0 Å². The Hall–Kier alpha value is -1.71. The summed E-state index contributed by atoms with van der Waals surface area (Å²) in [5.74, 6) is -0.887. The largest absolute Gasteiger partial charge is 0.480 e. The van der Waals surface area contributed by atoms with Crippen LogP contribution < -0.4 is 4.90 Å². The third kappa shape index (κ3) is 4.15. The molecule has 0 radical (unpaired) electrons. The van der Waals surface area contributed by atoms with Crippen molar-refractivity contribution in [3.63, 3.8) is 0 Å². The molecule has 1 N–H and O–H groups in total. The molecule has 0 unspecified atom stereocenters. The molecule has 0 fully saturated rings. The van der Waals surface area contributed by atoms with Crippen molar-refractivity contribution in [1.29, 1.82) is 0 Å². The van der Waals surface area contributed by atoms with Gasteiger partial charge >= 0.3 is 5.97 Å². The molecular formula is C15H13Cl2NO2. The minimum Gasteiger partial charge on any atom is -0.480 e. The lowest BCUT2D eigenvalue weighted by Gasteiger charge is -2.23. The Morgan fingerprint density at radius 1 is 1.05 bits per heavy atom. The van der Waals surface area contributed by atoms with Crippen LogP contribution in [0.15, 0.2) is 48.5 Å². The minimum atomic E-state index is -0.887. The zero-order valence-electron chi connectivity index (χ0n) is 10.6. The first-order valence-electron chi connectivity index (χ1n) is 6.01. The van der Waals surface area contributed by atoms with Gasteiger partial charge in [-0.1, -0.05) is 35.3 Å². The van der Waals surface area contributed by atoms with E-state index in [1.54, 1.807) is 35.2 Å². The zero-order chi connectivity index (χ0) is 14.5. The van der Waals surface area contributed by atoms with Gasteiger partial charge in [0.15, 0.2) is 0 Å². The zero-order valence-corrected chi connectivity index (χ0v) is 12.1. The number of nitrogens with zero attached hydrogens (tertiary/aromatic N) is 1. The van der Waals surface area contributed by atoms with Gasteiger partial charge in [0.1, 0.15) is 6.54 Å². The lowest BCUT2D eigenvalue weighted by molar-refractivity contribution is -0.135. The van der Waals surface area contributed by atoms with Gasteiger partial charge in [0.2, 0.25) is 0 Å². The second kappa shape index (κ2) is 6.64. The standard InChI is InChI=1S/C15H13Cl2NO2/c16-12-4-6-14(7-5-12)18(10-15(19)20)9-11-2-1-3-13(17)8-11/h1-8H,9-10H2,(H,19,20). The van der Waals surface area contributed by atoms with Crippen molar-refractivity contribution in [2.24, 2.45) is 0 Å². The van der Waals surface area contributed by atoms with Gasteiger partial charge in [-0.15, -0.1) is 0 Å². The number of hydrogen-bond donors (Lipinski definition) is 1. The van der Waals surface area contributed by atoms with Crippen molar-refractivity contribution >= 4 is 34.9 Å². The molecule has 0 aliphatic heterocycles. The number of hydrogen-bond acceptors (Lipinski definition) is 2. The molecule has 104 valence electrons. The highest BCUT2D eigenvalue weighted by Crippen LogP contribution is 2.21. The van der Waals surface area contributed by atoms with Crippen molar-refractivity contribution in [3.05, 3.63) is 64.1 Å². The molecule has 0 heterocycles. The summed E-state index contributed by atoms with van der Waals surface area (Å²) in [6.45, 7) is 0.378. The van der Waals surface area contributed by atoms with Crippen LogP contribution in [-0.4, -0.2) is 17.6 Å². The van der Waals surface area contributed by atoms with E-state index in [4.69, 9.17) is 28.3 Å². The normalized spacial score (nSPS) is 10.3. The summed E-state index contributed by atoms with van der Waals surface area (Å²) in [4.78, 5) is 12.8. The van der Waals surface area contributed by atoms with Crippen LogP contribution in [0.5, 0.6) is 0 Å². The fourth-order valence-corrected chi connectivity index (χ4v) is 2.25. The van der Waals surface area contributed by atoms with Gasteiger partial charge in [0, 0.05) is 22.3 Å². The molecule has 0 atom stereocenters. The maximum Gasteiger partial charge on any atom is 0.323 e. The molecule has 0 saturated carbocycles. The Bertz CT molecular complexity index is 599. The average Bonchev–Trinajstić information content (AvgIpc) is 2.38. The van der Waals surface area contributed by atoms with Gasteiger partial charge < -0.3 is 10.0 Å². The monoisotopic (exact) mass is 309 g/mol. The predicted octanol–water partition coefficient (Wildman–Crippen LogP) is 4.08. The van der Waals surface area contributed by atoms with Crippen LogP contribution in [0.2, 0.25) is 10.0 Å². The lowest BCUT2D eigenvalue weighted by Crippen LogP contribution is -2.29. The summed E-state index contributed by atoms with van der Waals surface area (Å²) < 4.78 is 0. The number of aliphatic carboxylic acids is 1. The van der Waals surface area contributed by atoms with Crippen LogP contribution in [0.1, 0.15) is 5.56 Å². The van der Waals surface area contributed by atoms with Crippen molar-refractivity contribution in [3.8, 4) is 0 Å². The van der Waals surface area contributed by atoms with E-state index in [-0.39, 0.29) is 6.54 Å². The molecule has 3 nitrogen and oxygen atoms in total. The van der Waals surface area contributed by atoms with Gasteiger partial charge in [-0.05, 0) is 42.0 Å². The van der Waals surface area contributed by atoms with E-state index in [1.807, 2.05) is 18.2 Å². The molecule has 0 saturated heterocycles. The van der Waals surface area contributed by atoms with E-state index in [0.717, 1.165) is 11.3 Å². The fourth-order valence-electron chi connectivity index (χ4n) is 1.91. The molecule has 2 aromatic carbocycles. The Labute approximate surface area is 127 Å². The third-order valence-corrected chi connectivity index (χ3v) is 3.27. The Balaban J connectivity index is 2.23. The highest BCUT2D eigenvalue weighted by Gasteiger charge is 2.11. The molecule has 0 aromatic heterocycles. The van der Waals surface area contributed by atoms with E-state index in [1.165, 1.54) is 0 Å². The summed E-state index contributed by atoms with van der Waals surface area (Å²) in [6.07, 6.45) is 0. The molecule has 5 heteroatoms. The summed E-state index contributed by atoms with van der Waals surface area (Å²) in [7, 11) is 0. The topological polar surface area (TPSA) is 40.5 Å². The number of carbonyl (C=O) groups is 1. The van der Waals surface area contributed by atoms with E-state index in [9.17, 15) is 4.79 Å². The van der Waals surface area contributed by atoms with E-state index in [0.29, 0.717) is 16.6 Å². The first-order chi connectivity index (χ1) is 9.54. The van der Waals surface area contributed by atoms with Gasteiger partial charge in [0.25, 0.3) is 0 Å². The van der Waals surface area contributed by atoms with Crippen LogP contribution in [0.3, 0.4) is 0 Å². The van der Waals surface area contributed by atoms with Gasteiger partial charge in [-0.25, -0.2) is 0 Å². The van der Waals surface area contributed by atoms with Crippen molar-refractivity contribution in [2.75, 3.05) is 11.4 Å². The molecule has 2 rings (SSSR count). The Kier molecular flexibility index (Phi) is 4.88. The fraction of sp³-hybridized carbons (Fsp3) is 0.133. The molecule has 20 heavy (non-hydrogen) atoms. The van der Waals surface area contributed by atoms with Crippen LogP contribution in [0.4, 0.5) is 5.69 Å². The molecule has 0 aliphatic carbocycles. The molecule has 0 amide bonds. The first-order valence-corrected chi connectivity index (χ1v) is 6.77. The number of halogens is 2. The molecule has 2 aromatic rings. The smallest absolute Gasteiger partial charge is 0.323 e. The number of carboxylic acid groups (broad SMARTS) is 1. The first kappa shape index (κ1) is 14.7. The SMILES string of the molecule is O=C(O)CN(Cc1cccc(Cl)c1)c1ccc(Cl)cc1. The van der Waals surface area contributed by atoms with E-state index in [2.05, 4.69) is 0 Å². The molecule has 0 bridgehead atoms. The molecule has 0 spiro atoms. The summed E-state index contributed by atoms with van der Waals surface area (Å²) in [5, 5.41) is 10.3. The van der Waals surface area contributed by atoms with E-state index >= 15 is 0 Å². The number of anilines is 1. The highest BCUT2D eigenvalue weighted by molar-refractivity contribution is 6.30. The maximum atomic E-state index is 11.0.